The van der Waals surface area contributed by atoms with Crippen molar-refractivity contribution < 1.29 is 4.79 Å². The molecular formula is C11H22N2O. The Kier molecular flexibility index (Phi) is 3.53. The predicted molar refractivity (Wildman–Crippen MR) is 58.1 cm³/mol. The van der Waals surface area contributed by atoms with Crippen LogP contribution in [-0.2, 0) is 4.79 Å². The van der Waals surface area contributed by atoms with Gasteiger partial charge in [0.1, 0.15) is 0 Å². The predicted octanol–water partition coefficient (Wildman–Crippen LogP) is 1.24. The normalized spacial score (nSPS) is 22.9. The summed E-state index contributed by atoms with van der Waals surface area (Å²) in [6, 6.07) is 0.499. The van der Waals surface area contributed by atoms with Crippen molar-refractivity contribution in [2.75, 3.05) is 20.1 Å². The Morgan fingerprint density at radius 2 is 2.14 bits per heavy atom. The van der Waals surface area contributed by atoms with E-state index in [1.165, 1.54) is 0 Å². The Balaban J connectivity index is 2.40. The standard InChI is InChI=1S/C11H22N2O/c1-11(2,3)7-10(14)13-6-5-9(8-13)12-4/h9,12H,5-8H2,1-4H3. The van der Waals surface area contributed by atoms with E-state index in [1.54, 1.807) is 0 Å². The van der Waals surface area contributed by atoms with Gasteiger partial charge in [-0.05, 0) is 18.9 Å². The number of amides is 1. The summed E-state index contributed by atoms with van der Waals surface area (Å²) in [5, 5.41) is 3.22. The maximum Gasteiger partial charge on any atom is 0.223 e. The van der Waals surface area contributed by atoms with Gasteiger partial charge in [-0.15, -0.1) is 0 Å². The van der Waals surface area contributed by atoms with Gasteiger partial charge in [-0.3, -0.25) is 4.79 Å². The smallest absolute Gasteiger partial charge is 0.223 e. The molecule has 1 aliphatic heterocycles. The Labute approximate surface area is 86.9 Å². The summed E-state index contributed by atoms with van der Waals surface area (Å²) in [5.74, 6) is 0.301. The van der Waals surface area contributed by atoms with Gasteiger partial charge >= 0.3 is 0 Å². The number of rotatable bonds is 2. The molecule has 14 heavy (non-hydrogen) atoms. The fourth-order valence-electron chi connectivity index (χ4n) is 1.79. The second-order valence-corrected chi connectivity index (χ2v) is 5.35. The minimum Gasteiger partial charge on any atom is -0.341 e. The van der Waals surface area contributed by atoms with Crippen molar-refractivity contribution in [2.45, 2.75) is 39.7 Å². The van der Waals surface area contributed by atoms with Crippen LogP contribution in [0.3, 0.4) is 0 Å². The van der Waals surface area contributed by atoms with Crippen LogP contribution in [-0.4, -0.2) is 37.0 Å². The number of likely N-dealkylation sites (N-methyl/N-ethyl adjacent to an activating group) is 1. The molecule has 0 aromatic rings. The third-order valence-corrected chi connectivity index (χ3v) is 2.63. The van der Waals surface area contributed by atoms with Gasteiger partial charge in [0.25, 0.3) is 0 Å². The number of hydrogen-bond acceptors (Lipinski definition) is 2. The van der Waals surface area contributed by atoms with Crippen molar-refractivity contribution in [1.29, 1.82) is 0 Å². The van der Waals surface area contributed by atoms with Crippen molar-refractivity contribution in [1.82, 2.24) is 10.2 Å². The molecule has 0 saturated carbocycles. The average Bonchev–Trinajstić information content (AvgIpc) is 2.48. The van der Waals surface area contributed by atoms with E-state index in [1.807, 2.05) is 11.9 Å². The molecule has 1 atom stereocenters. The van der Waals surface area contributed by atoms with Crippen molar-refractivity contribution in [3.8, 4) is 0 Å². The number of nitrogens with zero attached hydrogens (tertiary/aromatic N) is 1. The first-order valence-corrected chi connectivity index (χ1v) is 5.37. The summed E-state index contributed by atoms with van der Waals surface area (Å²) in [5.41, 5.74) is 0.106. The molecule has 0 radical (unpaired) electrons. The minimum absolute atomic E-state index is 0.106. The molecule has 0 aliphatic carbocycles. The van der Waals surface area contributed by atoms with E-state index in [4.69, 9.17) is 0 Å². The maximum absolute atomic E-state index is 11.8. The van der Waals surface area contributed by atoms with Crippen LogP contribution < -0.4 is 5.32 Å². The zero-order valence-electron chi connectivity index (χ0n) is 9.76. The van der Waals surface area contributed by atoms with Gasteiger partial charge in [0, 0.05) is 25.6 Å². The van der Waals surface area contributed by atoms with Crippen LogP contribution in [0.2, 0.25) is 0 Å². The molecule has 3 nitrogen and oxygen atoms in total. The topological polar surface area (TPSA) is 32.3 Å². The van der Waals surface area contributed by atoms with Crippen LogP contribution in [0.25, 0.3) is 0 Å². The highest BCUT2D eigenvalue weighted by Crippen LogP contribution is 2.21. The van der Waals surface area contributed by atoms with Gasteiger partial charge in [0.15, 0.2) is 0 Å². The molecule has 1 unspecified atom stereocenters. The highest BCUT2D eigenvalue weighted by Gasteiger charge is 2.27. The summed E-state index contributed by atoms with van der Waals surface area (Å²) < 4.78 is 0. The van der Waals surface area contributed by atoms with Crippen LogP contribution in [0.5, 0.6) is 0 Å². The molecule has 1 fully saturated rings. The number of carbonyl (C=O) groups excluding carboxylic acids is 1. The second-order valence-electron chi connectivity index (χ2n) is 5.35. The lowest BCUT2D eigenvalue weighted by atomic mass is 9.92. The van der Waals surface area contributed by atoms with Gasteiger partial charge in [0.2, 0.25) is 5.91 Å². The van der Waals surface area contributed by atoms with Gasteiger partial charge in [0.05, 0.1) is 0 Å². The second kappa shape index (κ2) is 4.30. The van der Waals surface area contributed by atoms with Crippen molar-refractivity contribution in [2.24, 2.45) is 5.41 Å². The third kappa shape index (κ3) is 3.29. The molecule has 1 amide bonds. The molecule has 82 valence electrons. The first-order valence-electron chi connectivity index (χ1n) is 5.37. The van der Waals surface area contributed by atoms with E-state index < -0.39 is 0 Å². The largest absolute Gasteiger partial charge is 0.341 e. The third-order valence-electron chi connectivity index (χ3n) is 2.63. The SMILES string of the molecule is CNC1CCN(C(=O)CC(C)(C)C)C1. The molecule has 0 bridgehead atoms. The molecule has 1 heterocycles. The van der Waals surface area contributed by atoms with Gasteiger partial charge in [-0.2, -0.15) is 0 Å². The monoisotopic (exact) mass is 198 g/mol. The summed E-state index contributed by atoms with van der Waals surface area (Å²) >= 11 is 0. The zero-order chi connectivity index (χ0) is 10.8. The number of likely N-dealkylation sites (tertiary alicyclic amines) is 1. The van der Waals surface area contributed by atoms with E-state index in [0.29, 0.717) is 18.4 Å². The van der Waals surface area contributed by atoms with E-state index >= 15 is 0 Å². The first-order chi connectivity index (χ1) is 6.42. The zero-order valence-corrected chi connectivity index (χ0v) is 9.76. The first kappa shape index (κ1) is 11.5. The Hall–Kier alpha value is -0.570. The summed E-state index contributed by atoms with van der Waals surface area (Å²) in [6.45, 7) is 8.12. The van der Waals surface area contributed by atoms with E-state index in [2.05, 4.69) is 26.1 Å². The van der Waals surface area contributed by atoms with Crippen molar-refractivity contribution >= 4 is 5.91 Å². The minimum atomic E-state index is 0.106. The highest BCUT2D eigenvalue weighted by molar-refractivity contribution is 5.77. The summed E-state index contributed by atoms with van der Waals surface area (Å²) in [7, 11) is 1.96. The lowest BCUT2D eigenvalue weighted by Gasteiger charge is -2.22. The molecule has 1 saturated heterocycles. The number of carbonyl (C=O) groups is 1. The molecule has 1 aliphatic rings. The highest BCUT2D eigenvalue weighted by atomic mass is 16.2. The summed E-state index contributed by atoms with van der Waals surface area (Å²) in [4.78, 5) is 13.8. The van der Waals surface area contributed by atoms with Crippen LogP contribution in [0.4, 0.5) is 0 Å². The summed E-state index contributed by atoms with van der Waals surface area (Å²) in [6.07, 6.45) is 1.75. The van der Waals surface area contributed by atoms with Crippen molar-refractivity contribution in [3.05, 3.63) is 0 Å². The Morgan fingerprint density at radius 3 is 2.57 bits per heavy atom. The number of nitrogens with one attached hydrogen (secondary N) is 1. The maximum atomic E-state index is 11.8. The fourth-order valence-corrected chi connectivity index (χ4v) is 1.79. The van der Waals surface area contributed by atoms with Crippen LogP contribution in [0.1, 0.15) is 33.6 Å². The average molecular weight is 198 g/mol. The number of hydrogen-bond donors (Lipinski definition) is 1. The lowest BCUT2D eigenvalue weighted by Crippen LogP contribution is -2.35. The molecule has 3 heteroatoms. The van der Waals surface area contributed by atoms with Gasteiger partial charge in [-0.1, -0.05) is 20.8 Å². The lowest BCUT2D eigenvalue weighted by molar-refractivity contribution is -0.132. The van der Waals surface area contributed by atoms with Crippen LogP contribution in [0, 0.1) is 5.41 Å². The van der Waals surface area contributed by atoms with E-state index in [9.17, 15) is 4.79 Å². The molecule has 0 aromatic carbocycles. The Bertz CT molecular complexity index is 208. The van der Waals surface area contributed by atoms with Crippen molar-refractivity contribution in [3.63, 3.8) is 0 Å². The quantitative estimate of drug-likeness (QED) is 0.724. The van der Waals surface area contributed by atoms with Crippen LogP contribution in [0.15, 0.2) is 0 Å². The molecular weight excluding hydrogens is 176 g/mol. The molecule has 0 aromatic heterocycles. The van der Waals surface area contributed by atoms with Crippen LogP contribution >= 0.6 is 0 Å². The van der Waals surface area contributed by atoms with E-state index in [-0.39, 0.29) is 5.41 Å². The molecule has 1 N–H and O–H groups in total. The fraction of sp³-hybridized carbons (Fsp3) is 0.909. The molecule has 0 spiro atoms. The molecule has 1 rings (SSSR count). The van der Waals surface area contributed by atoms with Gasteiger partial charge in [-0.25, -0.2) is 0 Å². The van der Waals surface area contributed by atoms with E-state index in [0.717, 1.165) is 19.5 Å². The van der Waals surface area contributed by atoms with Gasteiger partial charge < -0.3 is 10.2 Å². The Morgan fingerprint density at radius 1 is 1.50 bits per heavy atom.